The number of carbonyl (C=O) groups is 2. The topological polar surface area (TPSA) is 93.2 Å². The van der Waals surface area contributed by atoms with Gasteiger partial charge in [0.15, 0.2) is 0 Å². The molecule has 1 aromatic carbocycles. The second-order valence-electron chi connectivity index (χ2n) is 4.81. The number of anilines is 2. The molecule has 7 nitrogen and oxygen atoms in total. The highest BCUT2D eigenvalue weighted by Crippen LogP contribution is 2.15. The molecule has 0 saturated carbocycles. The molecular formula is C15H18N4O3S. The lowest BCUT2D eigenvalue weighted by molar-refractivity contribution is -0.125. The minimum absolute atomic E-state index is 0.197. The van der Waals surface area contributed by atoms with Gasteiger partial charge < -0.3 is 10.1 Å². The first-order valence-corrected chi connectivity index (χ1v) is 7.95. The summed E-state index contributed by atoms with van der Waals surface area (Å²) in [6.45, 7) is 3.48. The SMILES string of the molecule is CCc1nnc(NC(=O)COCC(=O)Nc2cccc(C)c2)s1. The van der Waals surface area contributed by atoms with Crippen LogP contribution in [0.3, 0.4) is 0 Å². The van der Waals surface area contributed by atoms with Crippen LogP contribution >= 0.6 is 11.3 Å². The number of amides is 2. The summed E-state index contributed by atoms with van der Waals surface area (Å²) < 4.78 is 5.10. The summed E-state index contributed by atoms with van der Waals surface area (Å²) in [6, 6.07) is 7.43. The van der Waals surface area contributed by atoms with E-state index in [0.717, 1.165) is 17.0 Å². The molecule has 8 heteroatoms. The molecule has 0 aliphatic heterocycles. The fourth-order valence-electron chi connectivity index (χ4n) is 1.76. The summed E-state index contributed by atoms with van der Waals surface area (Å²) in [5, 5.41) is 14.3. The number of nitrogens with one attached hydrogen (secondary N) is 2. The lowest BCUT2D eigenvalue weighted by Gasteiger charge is -2.06. The Labute approximate surface area is 138 Å². The van der Waals surface area contributed by atoms with Crippen LogP contribution in [-0.2, 0) is 20.7 Å². The first-order chi connectivity index (χ1) is 11.1. The third kappa shape index (κ3) is 5.76. The fourth-order valence-corrected chi connectivity index (χ4v) is 2.45. The van der Waals surface area contributed by atoms with E-state index in [1.807, 2.05) is 32.0 Å². The minimum Gasteiger partial charge on any atom is -0.362 e. The third-order valence-corrected chi connectivity index (χ3v) is 3.77. The van der Waals surface area contributed by atoms with Crippen molar-refractivity contribution in [1.29, 1.82) is 0 Å². The Morgan fingerprint density at radius 2 is 1.91 bits per heavy atom. The summed E-state index contributed by atoms with van der Waals surface area (Å²) in [7, 11) is 0. The Hall–Kier alpha value is -2.32. The van der Waals surface area contributed by atoms with Gasteiger partial charge in [-0.3, -0.25) is 14.9 Å². The van der Waals surface area contributed by atoms with Gasteiger partial charge in [-0.05, 0) is 31.0 Å². The van der Waals surface area contributed by atoms with Crippen LogP contribution in [0.2, 0.25) is 0 Å². The highest BCUT2D eigenvalue weighted by atomic mass is 32.1. The molecule has 0 atom stereocenters. The fraction of sp³-hybridized carbons (Fsp3) is 0.333. The van der Waals surface area contributed by atoms with Gasteiger partial charge >= 0.3 is 0 Å². The van der Waals surface area contributed by atoms with Crippen molar-refractivity contribution in [2.24, 2.45) is 0 Å². The number of aryl methyl sites for hydroxylation is 2. The Balaban J connectivity index is 1.69. The van der Waals surface area contributed by atoms with Crippen molar-refractivity contribution in [2.75, 3.05) is 23.8 Å². The number of ether oxygens (including phenoxy) is 1. The minimum atomic E-state index is -0.368. The average molecular weight is 334 g/mol. The molecule has 0 spiro atoms. The number of benzene rings is 1. The molecule has 122 valence electrons. The average Bonchev–Trinajstić information content (AvgIpc) is 2.94. The summed E-state index contributed by atoms with van der Waals surface area (Å²) in [6.07, 6.45) is 0.767. The maximum absolute atomic E-state index is 11.7. The Morgan fingerprint density at radius 3 is 2.57 bits per heavy atom. The molecule has 1 heterocycles. The van der Waals surface area contributed by atoms with Crippen molar-refractivity contribution < 1.29 is 14.3 Å². The van der Waals surface area contributed by atoms with Gasteiger partial charge in [-0.15, -0.1) is 10.2 Å². The molecule has 0 radical (unpaired) electrons. The van der Waals surface area contributed by atoms with Gasteiger partial charge in [0, 0.05) is 5.69 Å². The number of aromatic nitrogens is 2. The number of rotatable bonds is 7. The van der Waals surface area contributed by atoms with E-state index in [-0.39, 0.29) is 25.0 Å². The molecule has 2 amide bonds. The third-order valence-electron chi connectivity index (χ3n) is 2.78. The van der Waals surface area contributed by atoms with Gasteiger partial charge in [0.05, 0.1) is 0 Å². The van der Waals surface area contributed by atoms with Crippen LogP contribution in [0, 0.1) is 6.92 Å². The van der Waals surface area contributed by atoms with E-state index in [0.29, 0.717) is 10.8 Å². The second kappa shape index (κ2) is 8.35. The maximum atomic E-state index is 11.7. The van der Waals surface area contributed by atoms with Crippen molar-refractivity contribution >= 4 is 34.0 Å². The number of carbonyl (C=O) groups excluding carboxylic acids is 2. The Kier molecular flexibility index (Phi) is 6.19. The number of hydrogen-bond acceptors (Lipinski definition) is 6. The molecule has 2 rings (SSSR count). The zero-order valence-corrected chi connectivity index (χ0v) is 13.8. The molecule has 1 aromatic heterocycles. The van der Waals surface area contributed by atoms with Crippen LogP contribution < -0.4 is 10.6 Å². The van der Waals surface area contributed by atoms with Crippen molar-refractivity contribution in [1.82, 2.24) is 10.2 Å². The van der Waals surface area contributed by atoms with Crippen LogP contribution in [0.25, 0.3) is 0 Å². The molecular weight excluding hydrogens is 316 g/mol. The number of hydrogen-bond donors (Lipinski definition) is 2. The van der Waals surface area contributed by atoms with Gasteiger partial charge in [-0.2, -0.15) is 0 Å². The largest absolute Gasteiger partial charge is 0.362 e. The van der Waals surface area contributed by atoms with E-state index in [9.17, 15) is 9.59 Å². The summed E-state index contributed by atoms with van der Waals surface area (Å²) in [4.78, 5) is 23.4. The molecule has 23 heavy (non-hydrogen) atoms. The monoisotopic (exact) mass is 334 g/mol. The van der Waals surface area contributed by atoms with Crippen molar-refractivity contribution in [3.8, 4) is 0 Å². The van der Waals surface area contributed by atoms with Crippen molar-refractivity contribution in [3.63, 3.8) is 0 Å². The van der Waals surface area contributed by atoms with Crippen LogP contribution in [0.4, 0.5) is 10.8 Å². The zero-order chi connectivity index (χ0) is 16.7. The van der Waals surface area contributed by atoms with Gasteiger partial charge in [-0.25, -0.2) is 0 Å². The van der Waals surface area contributed by atoms with E-state index < -0.39 is 0 Å². The highest BCUT2D eigenvalue weighted by Gasteiger charge is 2.09. The molecule has 0 unspecified atom stereocenters. The molecule has 2 aromatic rings. The van der Waals surface area contributed by atoms with Crippen LogP contribution in [0.15, 0.2) is 24.3 Å². The standard InChI is InChI=1S/C15H18N4O3S/c1-3-14-18-19-15(23-14)17-13(21)9-22-8-12(20)16-11-6-4-5-10(2)7-11/h4-7H,3,8-9H2,1-2H3,(H,16,20)(H,17,19,21). The summed E-state index contributed by atoms with van der Waals surface area (Å²) >= 11 is 1.32. The lowest BCUT2D eigenvalue weighted by Crippen LogP contribution is -2.23. The molecule has 0 fully saturated rings. The highest BCUT2D eigenvalue weighted by molar-refractivity contribution is 7.15. The van der Waals surface area contributed by atoms with E-state index in [4.69, 9.17) is 4.74 Å². The van der Waals surface area contributed by atoms with Gasteiger partial charge in [0.1, 0.15) is 18.2 Å². The van der Waals surface area contributed by atoms with Gasteiger partial charge in [-0.1, -0.05) is 30.4 Å². The normalized spacial score (nSPS) is 10.3. The van der Waals surface area contributed by atoms with Gasteiger partial charge in [0.2, 0.25) is 11.0 Å². The van der Waals surface area contributed by atoms with Crippen LogP contribution in [0.5, 0.6) is 0 Å². The van der Waals surface area contributed by atoms with E-state index >= 15 is 0 Å². The lowest BCUT2D eigenvalue weighted by atomic mass is 10.2. The first kappa shape index (κ1) is 17.0. The Bertz CT molecular complexity index is 687. The Morgan fingerprint density at radius 1 is 1.17 bits per heavy atom. The zero-order valence-electron chi connectivity index (χ0n) is 13.0. The predicted molar refractivity (Wildman–Crippen MR) is 88.5 cm³/mol. The molecule has 2 N–H and O–H groups in total. The molecule has 0 aliphatic carbocycles. The summed E-state index contributed by atoms with van der Waals surface area (Å²) in [5.41, 5.74) is 1.75. The van der Waals surface area contributed by atoms with Crippen molar-refractivity contribution in [3.05, 3.63) is 34.8 Å². The maximum Gasteiger partial charge on any atom is 0.252 e. The van der Waals surface area contributed by atoms with Gasteiger partial charge in [0.25, 0.3) is 5.91 Å². The molecule has 0 aliphatic rings. The number of nitrogens with zero attached hydrogens (tertiary/aromatic N) is 2. The van der Waals surface area contributed by atoms with Crippen LogP contribution in [-0.4, -0.2) is 35.2 Å². The smallest absolute Gasteiger partial charge is 0.252 e. The van der Waals surface area contributed by atoms with Crippen LogP contribution in [0.1, 0.15) is 17.5 Å². The molecule has 0 bridgehead atoms. The van der Waals surface area contributed by atoms with E-state index in [1.54, 1.807) is 6.07 Å². The van der Waals surface area contributed by atoms with Crippen molar-refractivity contribution in [2.45, 2.75) is 20.3 Å². The second-order valence-corrected chi connectivity index (χ2v) is 5.88. The van der Waals surface area contributed by atoms with E-state index in [1.165, 1.54) is 11.3 Å². The molecule has 0 saturated heterocycles. The van der Waals surface area contributed by atoms with E-state index in [2.05, 4.69) is 20.8 Å². The first-order valence-electron chi connectivity index (χ1n) is 7.13. The predicted octanol–water partition coefficient (Wildman–Crippen LogP) is 2.00. The summed E-state index contributed by atoms with van der Waals surface area (Å²) in [5.74, 6) is -0.681. The quantitative estimate of drug-likeness (QED) is 0.808.